The summed E-state index contributed by atoms with van der Waals surface area (Å²) in [7, 11) is 0. The van der Waals surface area contributed by atoms with Crippen molar-refractivity contribution in [2.45, 2.75) is 13.0 Å². The molecule has 2 rings (SSSR count). The van der Waals surface area contributed by atoms with Gasteiger partial charge in [0.15, 0.2) is 0 Å². The van der Waals surface area contributed by atoms with Crippen LogP contribution in [-0.2, 0) is 0 Å². The van der Waals surface area contributed by atoms with Crippen LogP contribution in [0.1, 0.15) is 28.9 Å². The highest BCUT2D eigenvalue weighted by atomic mass is 127. The highest BCUT2D eigenvalue weighted by Crippen LogP contribution is 2.20. The first-order valence-corrected chi connectivity index (χ1v) is 7.06. The molecule has 0 heterocycles. The Morgan fingerprint density at radius 1 is 1.21 bits per heavy atom. The van der Waals surface area contributed by atoms with Crippen molar-refractivity contribution in [1.82, 2.24) is 5.32 Å². The summed E-state index contributed by atoms with van der Waals surface area (Å²) in [4.78, 5) is 12.1. The molecule has 0 spiro atoms. The van der Waals surface area contributed by atoms with Gasteiger partial charge < -0.3 is 11.1 Å². The number of nitrogens with one attached hydrogen (secondary N) is 1. The van der Waals surface area contributed by atoms with Crippen LogP contribution in [0.3, 0.4) is 0 Å². The minimum absolute atomic E-state index is 0.0886. The summed E-state index contributed by atoms with van der Waals surface area (Å²) in [5.74, 6) is -0.0886. The Morgan fingerprint density at radius 3 is 2.63 bits per heavy atom. The van der Waals surface area contributed by atoms with E-state index in [-0.39, 0.29) is 11.9 Å². The fourth-order valence-corrected chi connectivity index (χ4v) is 2.44. The highest BCUT2D eigenvalue weighted by Gasteiger charge is 2.13. The maximum atomic E-state index is 12.1. The van der Waals surface area contributed by atoms with Crippen molar-refractivity contribution in [3.63, 3.8) is 0 Å². The van der Waals surface area contributed by atoms with Crippen molar-refractivity contribution in [3.05, 3.63) is 63.2 Å². The normalized spacial score (nSPS) is 11.9. The van der Waals surface area contributed by atoms with Crippen LogP contribution in [0.2, 0.25) is 0 Å². The van der Waals surface area contributed by atoms with E-state index in [0.29, 0.717) is 11.3 Å². The average molecular weight is 366 g/mol. The Labute approximate surface area is 126 Å². The van der Waals surface area contributed by atoms with Crippen molar-refractivity contribution in [1.29, 1.82) is 0 Å². The Hall–Kier alpha value is -1.56. The Morgan fingerprint density at radius 2 is 1.95 bits per heavy atom. The lowest BCUT2D eigenvalue weighted by Crippen LogP contribution is -2.27. The van der Waals surface area contributed by atoms with Gasteiger partial charge in [-0.05, 0) is 59.3 Å². The van der Waals surface area contributed by atoms with Crippen LogP contribution < -0.4 is 11.1 Å². The molecular formula is C15H15IN2O. The van der Waals surface area contributed by atoms with Gasteiger partial charge in [-0.2, -0.15) is 0 Å². The molecule has 4 heteroatoms. The van der Waals surface area contributed by atoms with Gasteiger partial charge in [-0.25, -0.2) is 0 Å². The molecular weight excluding hydrogens is 351 g/mol. The fraction of sp³-hybridized carbons (Fsp3) is 0.133. The zero-order valence-corrected chi connectivity index (χ0v) is 12.7. The predicted octanol–water partition coefficient (Wildman–Crippen LogP) is 3.36. The average Bonchev–Trinajstić information content (AvgIpc) is 2.39. The maximum Gasteiger partial charge on any atom is 0.251 e. The van der Waals surface area contributed by atoms with Gasteiger partial charge in [0.05, 0.1) is 6.04 Å². The predicted molar refractivity (Wildman–Crippen MR) is 85.9 cm³/mol. The molecule has 0 fully saturated rings. The number of rotatable bonds is 3. The SMILES string of the molecule is CC(NC(=O)c1cccc(I)c1)c1ccccc1N. The minimum Gasteiger partial charge on any atom is -0.398 e. The lowest BCUT2D eigenvalue weighted by Gasteiger charge is -2.16. The monoisotopic (exact) mass is 366 g/mol. The van der Waals surface area contributed by atoms with Crippen LogP contribution >= 0.6 is 22.6 Å². The van der Waals surface area contributed by atoms with Crippen LogP contribution in [0.15, 0.2) is 48.5 Å². The molecule has 1 atom stereocenters. The molecule has 0 saturated carbocycles. The smallest absolute Gasteiger partial charge is 0.251 e. The molecule has 3 N–H and O–H groups in total. The highest BCUT2D eigenvalue weighted by molar-refractivity contribution is 14.1. The number of hydrogen-bond donors (Lipinski definition) is 2. The van der Waals surface area contributed by atoms with Gasteiger partial charge in [0.1, 0.15) is 0 Å². The van der Waals surface area contributed by atoms with E-state index in [2.05, 4.69) is 27.9 Å². The number of anilines is 1. The molecule has 19 heavy (non-hydrogen) atoms. The van der Waals surface area contributed by atoms with Gasteiger partial charge in [0.25, 0.3) is 5.91 Å². The number of carbonyl (C=O) groups is 1. The molecule has 0 radical (unpaired) electrons. The first-order chi connectivity index (χ1) is 9.08. The van der Waals surface area contributed by atoms with Crippen LogP contribution in [-0.4, -0.2) is 5.91 Å². The molecule has 98 valence electrons. The Bertz CT molecular complexity index is 598. The van der Waals surface area contributed by atoms with Crippen LogP contribution in [0.4, 0.5) is 5.69 Å². The van der Waals surface area contributed by atoms with Gasteiger partial charge in [-0.15, -0.1) is 0 Å². The second-order valence-electron chi connectivity index (χ2n) is 4.33. The molecule has 0 aliphatic carbocycles. The summed E-state index contributed by atoms with van der Waals surface area (Å²) in [6.07, 6.45) is 0. The van der Waals surface area contributed by atoms with Gasteiger partial charge >= 0.3 is 0 Å². The molecule has 0 saturated heterocycles. The zero-order chi connectivity index (χ0) is 13.8. The minimum atomic E-state index is -0.119. The first kappa shape index (κ1) is 13.9. The first-order valence-electron chi connectivity index (χ1n) is 5.99. The number of nitrogen functional groups attached to an aromatic ring is 1. The quantitative estimate of drug-likeness (QED) is 0.647. The van der Waals surface area contributed by atoms with E-state index in [9.17, 15) is 4.79 Å². The van der Waals surface area contributed by atoms with Crippen molar-refractivity contribution in [2.75, 3.05) is 5.73 Å². The van der Waals surface area contributed by atoms with E-state index in [1.54, 1.807) is 6.07 Å². The van der Waals surface area contributed by atoms with Crippen LogP contribution in [0.25, 0.3) is 0 Å². The molecule has 3 nitrogen and oxygen atoms in total. The second-order valence-corrected chi connectivity index (χ2v) is 5.58. The topological polar surface area (TPSA) is 55.1 Å². The molecule has 2 aromatic rings. The lowest BCUT2D eigenvalue weighted by atomic mass is 10.1. The van der Waals surface area contributed by atoms with Crippen molar-refractivity contribution in [2.24, 2.45) is 0 Å². The van der Waals surface area contributed by atoms with E-state index in [4.69, 9.17) is 5.73 Å². The van der Waals surface area contributed by atoms with E-state index >= 15 is 0 Å². The van der Waals surface area contributed by atoms with E-state index in [0.717, 1.165) is 9.13 Å². The van der Waals surface area contributed by atoms with E-state index in [1.165, 1.54) is 0 Å². The summed E-state index contributed by atoms with van der Waals surface area (Å²) in [6.45, 7) is 1.93. The molecule has 0 aliphatic heterocycles. The standard InChI is InChI=1S/C15H15IN2O/c1-10(13-7-2-3-8-14(13)17)18-15(19)11-5-4-6-12(16)9-11/h2-10H,17H2,1H3,(H,18,19). The summed E-state index contributed by atoms with van der Waals surface area (Å²) >= 11 is 2.19. The van der Waals surface area contributed by atoms with Crippen molar-refractivity contribution < 1.29 is 4.79 Å². The summed E-state index contributed by atoms with van der Waals surface area (Å²) in [5.41, 5.74) is 8.19. The van der Waals surface area contributed by atoms with Crippen LogP contribution in [0.5, 0.6) is 0 Å². The molecule has 0 aromatic heterocycles. The molecule has 1 unspecified atom stereocenters. The number of carbonyl (C=O) groups excluding carboxylic acids is 1. The largest absolute Gasteiger partial charge is 0.398 e. The van der Waals surface area contributed by atoms with E-state index < -0.39 is 0 Å². The number of para-hydroxylation sites is 1. The summed E-state index contributed by atoms with van der Waals surface area (Å²) in [6, 6.07) is 14.9. The molecule has 1 amide bonds. The number of nitrogens with two attached hydrogens (primary N) is 1. The third-order valence-corrected chi connectivity index (χ3v) is 3.57. The van der Waals surface area contributed by atoms with Gasteiger partial charge in [-0.1, -0.05) is 24.3 Å². The maximum absolute atomic E-state index is 12.1. The second kappa shape index (κ2) is 6.06. The lowest BCUT2D eigenvalue weighted by molar-refractivity contribution is 0.0940. The Kier molecular flexibility index (Phi) is 4.42. The number of halogens is 1. The van der Waals surface area contributed by atoms with Gasteiger partial charge in [0, 0.05) is 14.8 Å². The summed E-state index contributed by atoms with van der Waals surface area (Å²) in [5, 5.41) is 2.96. The molecule has 0 bridgehead atoms. The summed E-state index contributed by atoms with van der Waals surface area (Å²) < 4.78 is 1.04. The van der Waals surface area contributed by atoms with Gasteiger partial charge in [-0.3, -0.25) is 4.79 Å². The molecule has 0 aliphatic rings. The van der Waals surface area contributed by atoms with Crippen molar-refractivity contribution in [3.8, 4) is 0 Å². The number of hydrogen-bond acceptors (Lipinski definition) is 2. The third kappa shape index (κ3) is 3.47. The fourth-order valence-electron chi connectivity index (χ4n) is 1.89. The third-order valence-electron chi connectivity index (χ3n) is 2.90. The molecule has 2 aromatic carbocycles. The zero-order valence-electron chi connectivity index (χ0n) is 10.6. The number of benzene rings is 2. The van der Waals surface area contributed by atoms with Crippen molar-refractivity contribution >= 4 is 34.2 Å². The Balaban J connectivity index is 2.13. The van der Waals surface area contributed by atoms with Crippen LogP contribution in [0, 0.1) is 3.57 Å². The van der Waals surface area contributed by atoms with E-state index in [1.807, 2.05) is 49.4 Å². The number of amides is 1. The van der Waals surface area contributed by atoms with Gasteiger partial charge in [0.2, 0.25) is 0 Å².